The highest BCUT2D eigenvalue weighted by atomic mass is 32.2. The quantitative estimate of drug-likeness (QED) is 0.510. The van der Waals surface area contributed by atoms with Crippen LogP contribution in [0.15, 0.2) is 48.9 Å². The Morgan fingerprint density at radius 3 is 2.84 bits per heavy atom. The van der Waals surface area contributed by atoms with Crippen LogP contribution in [0.2, 0.25) is 0 Å². The number of H-pyrrole nitrogens is 1. The Hall–Kier alpha value is -2.94. The predicted octanol–water partition coefficient (Wildman–Crippen LogP) is 3.05. The van der Waals surface area contributed by atoms with Crippen LogP contribution >= 0.6 is 0 Å². The third-order valence-corrected chi connectivity index (χ3v) is 6.90. The summed E-state index contributed by atoms with van der Waals surface area (Å²) in [6, 6.07) is 10.9. The van der Waals surface area contributed by atoms with E-state index in [1.54, 1.807) is 6.33 Å². The third kappa shape index (κ3) is 5.64. The number of piperidine rings is 1. The van der Waals surface area contributed by atoms with E-state index in [0.717, 1.165) is 48.5 Å². The molecule has 2 atom stereocenters. The molecule has 2 N–H and O–H groups in total. The number of benzene rings is 1. The van der Waals surface area contributed by atoms with Gasteiger partial charge in [-0.15, -0.1) is 0 Å². The minimum atomic E-state index is -3.16. The Morgan fingerprint density at radius 1 is 1.25 bits per heavy atom. The molecular weight excluding hydrogens is 426 g/mol. The van der Waals surface area contributed by atoms with Gasteiger partial charge in [0.25, 0.3) is 0 Å². The van der Waals surface area contributed by atoms with Crippen molar-refractivity contribution < 1.29 is 13.2 Å². The fourth-order valence-electron chi connectivity index (χ4n) is 4.34. The van der Waals surface area contributed by atoms with E-state index in [1.807, 2.05) is 42.6 Å². The fourth-order valence-corrected chi connectivity index (χ4v) is 5.01. The lowest BCUT2D eigenvalue weighted by Crippen LogP contribution is -2.39. The van der Waals surface area contributed by atoms with Gasteiger partial charge in [-0.05, 0) is 43.4 Å². The molecule has 0 spiro atoms. The number of Topliss-reactive ketones (excluding diaryl/α,β-unsaturated/α-hetero) is 1. The molecular formula is C23H29N5O3S. The lowest BCUT2D eigenvalue weighted by Gasteiger charge is -2.34. The number of aromatic nitrogens is 3. The standard InChI is InChI=1S/C23H29N5O3S/c1-32(30,31)13-10-20(27-18-7-3-2-4-8-18)21(29)14-17-6-5-12-28(15-17)23-19-9-11-24-22(19)25-16-26-23/h2-4,7-9,11,16-17,20,27H,5-6,10,12-15H2,1H3,(H,24,25,26)/t17-,20+/m0/s1. The van der Waals surface area contributed by atoms with Crippen molar-refractivity contribution in [3.05, 3.63) is 48.9 Å². The van der Waals surface area contributed by atoms with Crippen LogP contribution in [0, 0.1) is 5.92 Å². The normalized spacial score (nSPS) is 17.9. The van der Waals surface area contributed by atoms with Crippen molar-refractivity contribution in [2.75, 3.05) is 35.3 Å². The van der Waals surface area contributed by atoms with Crippen LogP contribution in [0.25, 0.3) is 11.0 Å². The molecule has 170 valence electrons. The fraction of sp³-hybridized carbons (Fsp3) is 0.435. The molecule has 1 aliphatic heterocycles. The largest absolute Gasteiger partial charge is 0.375 e. The molecule has 0 bridgehead atoms. The van der Waals surface area contributed by atoms with E-state index in [4.69, 9.17) is 0 Å². The Morgan fingerprint density at radius 2 is 2.06 bits per heavy atom. The van der Waals surface area contributed by atoms with Crippen molar-refractivity contribution in [2.24, 2.45) is 5.92 Å². The highest BCUT2D eigenvalue weighted by Gasteiger charge is 2.28. The Kier molecular flexibility index (Phi) is 6.74. The van der Waals surface area contributed by atoms with Crippen LogP contribution in [0.4, 0.5) is 11.5 Å². The molecule has 1 aliphatic rings. The van der Waals surface area contributed by atoms with Crippen molar-refractivity contribution >= 4 is 38.2 Å². The van der Waals surface area contributed by atoms with Crippen LogP contribution in [0.1, 0.15) is 25.7 Å². The second kappa shape index (κ2) is 9.68. The van der Waals surface area contributed by atoms with E-state index in [1.165, 1.54) is 6.26 Å². The molecule has 9 heteroatoms. The molecule has 1 fully saturated rings. The highest BCUT2D eigenvalue weighted by molar-refractivity contribution is 7.90. The third-order valence-electron chi connectivity index (χ3n) is 5.92. The van der Waals surface area contributed by atoms with Crippen molar-refractivity contribution in [1.82, 2.24) is 15.0 Å². The SMILES string of the molecule is CS(=O)(=O)CC[C@@H](Nc1ccccc1)C(=O)C[C@@H]1CCCN(c2ncnc3[nH]ccc23)C1. The molecule has 3 heterocycles. The lowest BCUT2D eigenvalue weighted by molar-refractivity contribution is -0.120. The maximum Gasteiger partial charge on any atom is 0.155 e. The first-order valence-electron chi connectivity index (χ1n) is 10.9. The smallest absolute Gasteiger partial charge is 0.155 e. The topological polar surface area (TPSA) is 108 Å². The van der Waals surface area contributed by atoms with Gasteiger partial charge in [0, 0.05) is 37.7 Å². The number of anilines is 2. The predicted molar refractivity (Wildman–Crippen MR) is 127 cm³/mol. The molecule has 1 aromatic carbocycles. The number of rotatable bonds is 9. The zero-order valence-corrected chi connectivity index (χ0v) is 19.0. The number of hydrogen-bond acceptors (Lipinski definition) is 7. The summed E-state index contributed by atoms with van der Waals surface area (Å²) >= 11 is 0. The molecule has 0 radical (unpaired) electrons. The molecule has 1 saturated heterocycles. The average molecular weight is 456 g/mol. The molecule has 0 amide bonds. The summed E-state index contributed by atoms with van der Waals surface area (Å²) < 4.78 is 23.5. The van der Waals surface area contributed by atoms with E-state index < -0.39 is 15.9 Å². The molecule has 2 aromatic heterocycles. The minimum absolute atomic E-state index is 0.0214. The van der Waals surface area contributed by atoms with Crippen LogP contribution in [-0.4, -0.2) is 60.3 Å². The van der Waals surface area contributed by atoms with E-state index in [2.05, 4.69) is 25.2 Å². The summed E-state index contributed by atoms with van der Waals surface area (Å²) in [6.45, 7) is 1.63. The number of nitrogens with one attached hydrogen (secondary N) is 2. The Labute approximate surface area is 188 Å². The summed E-state index contributed by atoms with van der Waals surface area (Å²) in [5.74, 6) is 1.12. The first kappa shape index (κ1) is 22.3. The van der Waals surface area contributed by atoms with Gasteiger partial charge in [0.1, 0.15) is 27.6 Å². The summed E-state index contributed by atoms with van der Waals surface area (Å²) in [4.78, 5) is 27.3. The minimum Gasteiger partial charge on any atom is -0.375 e. The van der Waals surface area contributed by atoms with Gasteiger partial charge in [0.15, 0.2) is 5.78 Å². The Bertz CT molecular complexity index is 1160. The number of carbonyl (C=O) groups excluding carboxylic acids is 1. The van der Waals surface area contributed by atoms with Crippen molar-refractivity contribution in [1.29, 1.82) is 0 Å². The molecule has 0 aliphatic carbocycles. The average Bonchev–Trinajstić information content (AvgIpc) is 3.26. The van der Waals surface area contributed by atoms with Gasteiger partial charge in [0.2, 0.25) is 0 Å². The number of hydrogen-bond donors (Lipinski definition) is 2. The van der Waals surface area contributed by atoms with Gasteiger partial charge in [-0.3, -0.25) is 4.79 Å². The van der Waals surface area contributed by atoms with Gasteiger partial charge >= 0.3 is 0 Å². The van der Waals surface area contributed by atoms with E-state index in [-0.39, 0.29) is 23.9 Å². The van der Waals surface area contributed by atoms with Gasteiger partial charge in [0.05, 0.1) is 17.2 Å². The molecule has 32 heavy (non-hydrogen) atoms. The van der Waals surface area contributed by atoms with E-state index in [0.29, 0.717) is 6.42 Å². The monoisotopic (exact) mass is 455 g/mol. The van der Waals surface area contributed by atoms with Gasteiger partial charge in [-0.25, -0.2) is 18.4 Å². The summed E-state index contributed by atoms with van der Waals surface area (Å²) in [5, 5.41) is 4.23. The number of carbonyl (C=O) groups is 1. The van der Waals surface area contributed by atoms with Crippen LogP contribution in [0.3, 0.4) is 0 Å². The number of sulfone groups is 1. The van der Waals surface area contributed by atoms with Gasteiger partial charge in [-0.1, -0.05) is 18.2 Å². The number of nitrogens with zero attached hydrogens (tertiary/aromatic N) is 3. The maximum absolute atomic E-state index is 13.2. The first-order valence-corrected chi connectivity index (χ1v) is 13.0. The van der Waals surface area contributed by atoms with Crippen molar-refractivity contribution in [3.63, 3.8) is 0 Å². The molecule has 3 aromatic rings. The van der Waals surface area contributed by atoms with Gasteiger partial charge in [-0.2, -0.15) is 0 Å². The van der Waals surface area contributed by atoms with E-state index in [9.17, 15) is 13.2 Å². The zero-order chi connectivity index (χ0) is 22.6. The van der Waals surface area contributed by atoms with Crippen molar-refractivity contribution in [3.8, 4) is 0 Å². The molecule has 4 rings (SSSR count). The highest BCUT2D eigenvalue weighted by Crippen LogP contribution is 2.29. The summed E-state index contributed by atoms with van der Waals surface area (Å²) in [6.07, 6.45) is 7.25. The number of fused-ring (bicyclic) bond motifs is 1. The first-order chi connectivity index (χ1) is 15.4. The second-order valence-electron chi connectivity index (χ2n) is 8.54. The van der Waals surface area contributed by atoms with E-state index >= 15 is 0 Å². The van der Waals surface area contributed by atoms with Crippen LogP contribution < -0.4 is 10.2 Å². The molecule has 8 nitrogen and oxygen atoms in total. The zero-order valence-electron chi connectivity index (χ0n) is 18.2. The van der Waals surface area contributed by atoms with Gasteiger partial charge < -0.3 is 15.2 Å². The molecule has 0 unspecified atom stereocenters. The Balaban J connectivity index is 1.45. The lowest BCUT2D eigenvalue weighted by atomic mass is 9.90. The summed E-state index contributed by atoms with van der Waals surface area (Å²) in [7, 11) is -3.16. The van der Waals surface area contributed by atoms with Crippen molar-refractivity contribution in [2.45, 2.75) is 31.7 Å². The van der Waals surface area contributed by atoms with Crippen LogP contribution in [-0.2, 0) is 14.6 Å². The maximum atomic E-state index is 13.2. The summed E-state index contributed by atoms with van der Waals surface area (Å²) in [5.41, 5.74) is 1.63. The number of para-hydroxylation sites is 1. The molecule has 0 saturated carbocycles. The number of ketones is 1. The van der Waals surface area contributed by atoms with Crippen LogP contribution in [0.5, 0.6) is 0 Å². The second-order valence-corrected chi connectivity index (χ2v) is 10.8. The number of aromatic amines is 1.